The Kier molecular flexibility index (Phi) is 3.87. The van der Waals surface area contributed by atoms with Crippen molar-refractivity contribution < 1.29 is 19.0 Å². The van der Waals surface area contributed by atoms with Gasteiger partial charge in [-0.05, 0) is 24.1 Å². The van der Waals surface area contributed by atoms with Crippen molar-refractivity contribution in [2.45, 2.75) is 13.3 Å². The smallest absolute Gasteiger partial charge is 0.302 e. The van der Waals surface area contributed by atoms with Crippen LogP contribution in [0.2, 0.25) is 0 Å². The van der Waals surface area contributed by atoms with Crippen molar-refractivity contribution in [3.05, 3.63) is 36.4 Å². The minimum atomic E-state index is -0.271. The van der Waals surface area contributed by atoms with Gasteiger partial charge in [-0.3, -0.25) is 4.79 Å². The second-order valence-corrected chi connectivity index (χ2v) is 4.19. The van der Waals surface area contributed by atoms with Crippen molar-refractivity contribution in [3.8, 4) is 11.5 Å². The number of esters is 1. The van der Waals surface area contributed by atoms with Crippen LogP contribution >= 0.6 is 0 Å². The van der Waals surface area contributed by atoms with E-state index in [4.69, 9.17) is 14.2 Å². The van der Waals surface area contributed by atoms with Crippen molar-refractivity contribution in [2.75, 3.05) is 13.4 Å². The zero-order chi connectivity index (χ0) is 13.0. The van der Waals surface area contributed by atoms with E-state index >= 15 is 0 Å². The molecule has 18 heavy (non-hydrogen) atoms. The molecular formula is C14H16O4. The molecule has 1 aromatic rings. The molecule has 1 aliphatic rings. The summed E-state index contributed by atoms with van der Waals surface area (Å²) in [6.07, 6.45) is 2.56. The van der Waals surface area contributed by atoms with E-state index in [1.54, 1.807) is 6.08 Å². The quantitative estimate of drug-likeness (QED) is 0.592. The van der Waals surface area contributed by atoms with E-state index in [1.807, 2.05) is 18.2 Å². The molecule has 1 heterocycles. The van der Waals surface area contributed by atoms with E-state index in [9.17, 15) is 4.79 Å². The Morgan fingerprint density at radius 1 is 1.50 bits per heavy atom. The molecule has 1 atom stereocenters. The molecule has 0 aromatic heterocycles. The summed E-state index contributed by atoms with van der Waals surface area (Å²) in [5.41, 5.74) is 1.11. The van der Waals surface area contributed by atoms with Crippen LogP contribution in [0.3, 0.4) is 0 Å². The molecule has 0 spiro atoms. The zero-order valence-corrected chi connectivity index (χ0v) is 10.3. The largest absolute Gasteiger partial charge is 0.465 e. The first kappa shape index (κ1) is 12.5. The number of ether oxygens (including phenoxy) is 3. The predicted octanol–water partition coefficient (Wildman–Crippen LogP) is 2.32. The number of rotatable bonds is 5. The molecule has 4 nitrogen and oxygen atoms in total. The van der Waals surface area contributed by atoms with Crippen molar-refractivity contribution >= 4 is 5.97 Å². The van der Waals surface area contributed by atoms with Gasteiger partial charge in [-0.25, -0.2) is 0 Å². The SMILES string of the molecule is C=C[C@@H](COC(C)=O)Cc1ccc2c(c1)OCO2. The summed E-state index contributed by atoms with van der Waals surface area (Å²) in [5, 5.41) is 0. The third-order valence-electron chi connectivity index (χ3n) is 2.77. The summed E-state index contributed by atoms with van der Waals surface area (Å²) >= 11 is 0. The second kappa shape index (κ2) is 5.58. The fourth-order valence-corrected chi connectivity index (χ4v) is 1.81. The minimum absolute atomic E-state index is 0.106. The maximum Gasteiger partial charge on any atom is 0.302 e. The topological polar surface area (TPSA) is 44.8 Å². The van der Waals surface area contributed by atoms with Gasteiger partial charge < -0.3 is 14.2 Å². The van der Waals surface area contributed by atoms with Crippen LogP contribution in [0, 0.1) is 5.92 Å². The van der Waals surface area contributed by atoms with Gasteiger partial charge in [0, 0.05) is 12.8 Å². The normalized spacial score (nSPS) is 14.1. The van der Waals surface area contributed by atoms with E-state index < -0.39 is 0 Å². The van der Waals surface area contributed by atoms with Gasteiger partial charge in [-0.1, -0.05) is 12.1 Å². The average Bonchev–Trinajstić information content (AvgIpc) is 2.81. The molecule has 0 aliphatic carbocycles. The molecule has 0 N–H and O–H groups in total. The van der Waals surface area contributed by atoms with Gasteiger partial charge in [-0.2, -0.15) is 0 Å². The highest BCUT2D eigenvalue weighted by atomic mass is 16.7. The lowest BCUT2D eigenvalue weighted by Gasteiger charge is -2.12. The third-order valence-corrected chi connectivity index (χ3v) is 2.77. The molecule has 96 valence electrons. The first-order chi connectivity index (χ1) is 8.69. The molecule has 1 aliphatic heterocycles. The number of hydrogen-bond donors (Lipinski definition) is 0. The lowest BCUT2D eigenvalue weighted by molar-refractivity contribution is -0.141. The monoisotopic (exact) mass is 248 g/mol. The Morgan fingerprint density at radius 2 is 2.28 bits per heavy atom. The predicted molar refractivity (Wildman–Crippen MR) is 66.6 cm³/mol. The van der Waals surface area contributed by atoms with Crippen LogP contribution in [0.4, 0.5) is 0 Å². The molecule has 0 bridgehead atoms. The Morgan fingerprint density at radius 3 is 3.00 bits per heavy atom. The Hall–Kier alpha value is -1.97. The van der Waals surface area contributed by atoms with Crippen LogP contribution in [0.5, 0.6) is 11.5 Å². The second-order valence-electron chi connectivity index (χ2n) is 4.19. The van der Waals surface area contributed by atoms with Gasteiger partial charge in [0.15, 0.2) is 11.5 Å². The molecule has 2 rings (SSSR count). The number of hydrogen-bond acceptors (Lipinski definition) is 4. The van der Waals surface area contributed by atoms with Crippen LogP contribution in [-0.2, 0) is 16.0 Å². The number of carbonyl (C=O) groups is 1. The maximum absolute atomic E-state index is 10.8. The highest BCUT2D eigenvalue weighted by Crippen LogP contribution is 2.33. The van der Waals surface area contributed by atoms with Gasteiger partial charge >= 0.3 is 5.97 Å². The standard InChI is InChI=1S/C14H16O4/c1-3-11(8-16-10(2)15)6-12-4-5-13-14(7-12)18-9-17-13/h3-5,7,11H,1,6,8-9H2,2H3/t11-/m1/s1. The minimum Gasteiger partial charge on any atom is -0.465 e. The fourth-order valence-electron chi connectivity index (χ4n) is 1.81. The van der Waals surface area contributed by atoms with E-state index in [2.05, 4.69) is 6.58 Å². The number of carbonyl (C=O) groups excluding carboxylic acids is 1. The van der Waals surface area contributed by atoms with Crippen molar-refractivity contribution in [3.63, 3.8) is 0 Å². The maximum atomic E-state index is 10.8. The van der Waals surface area contributed by atoms with Gasteiger partial charge in [0.25, 0.3) is 0 Å². The number of fused-ring (bicyclic) bond motifs is 1. The van der Waals surface area contributed by atoms with Gasteiger partial charge in [0.05, 0.1) is 6.61 Å². The van der Waals surface area contributed by atoms with Crippen LogP contribution < -0.4 is 9.47 Å². The molecule has 4 heteroatoms. The fraction of sp³-hybridized carbons (Fsp3) is 0.357. The highest BCUT2D eigenvalue weighted by Gasteiger charge is 2.15. The van der Waals surface area contributed by atoms with E-state index in [1.165, 1.54) is 6.92 Å². The summed E-state index contributed by atoms with van der Waals surface area (Å²) in [6, 6.07) is 5.83. The zero-order valence-electron chi connectivity index (χ0n) is 10.3. The summed E-state index contributed by atoms with van der Waals surface area (Å²) < 4.78 is 15.6. The lowest BCUT2D eigenvalue weighted by atomic mass is 10.00. The van der Waals surface area contributed by atoms with Crippen molar-refractivity contribution in [1.29, 1.82) is 0 Å². The average molecular weight is 248 g/mol. The Labute approximate surface area is 106 Å². The molecule has 0 amide bonds. The van der Waals surface area contributed by atoms with Gasteiger partial charge in [0.2, 0.25) is 6.79 Å². The number of benzene rings is 1. The summed E-state index contributed by atoms with van der Waals surface area (Å²) in [5.74, 6) is 1.37. The third kappa shape index (κ3) is 3.03. The van der Waals surface area contributed by atoms with Crippen LogP contribution in [0.15, 0.2) is 30.9 Å². The first-order valence-electron chi connectivity index (χ1n) is 5.83. The summed E-state index contributed by atoms with van der Waals surface area (Å²) in [6.45, 7) is 5.79. The molecule has 0 unspecified atom stereocenters. The molecule has 0 radical (unpaired) electrons. The molecular weight excluding hydrogens is 232 g/mol. The van der Waals surface area contributed by atoms with Crippen LogP contribution in [0.1, 0.15) is 12.5 Å². The first-order valence-corrected chi connectivity index (χ1v) is 5.83. The molecule has 0 saturated heterocycles. The van der Waals surface area contributed by atoms with E-state index in [0.717, 1.165) is 23.5 Å². The van der Waals surface area contributed by atoms with E-state index in [0.29, 0.717) is 6.61 Å². The summed E-state index contributed by atoms with van der Waals surface area (Å²) in [4.78, 5) is 10.8. The highest BCUT2D eigenvalue weighted by molar-refractivity contribution is 5.65. The Bertz CT molecular complexity index is 453. The molecule has 0 fully saturated rings. The van der Waals surface area contributed by atoms with Crippen LogP contribution in [0.25, 0.3) is 0 Å². The van der Waals surface area contributed by atoms with E-state index in [-0.39, 0.29) is 18.7 Å². The molecule has 0 saturated carbocycles. The van der Waals surface area contributed by atoms with Gasteiger partial charge in [-0.15, -0.1) is 6.58 Å². The van der Waals surface area contributed by atoms with Gasteiger partial charge in [0.1, 0.15) is 0 Å². The Balaban J connectivity index is 1.98. The molecule has 1 aromatic carbocycles. The van der Waals surface area contributed by atoms with Crippen LogP contribution in [-0.4, -0.2) is 19.4 Å². The van der Waals surface area contributed by atoms with Crippen molar-refractivity contribution in [1.82, 2.24) is 0 Å². The summed E-state index contributed by atoms with van der Waals surface area (Å²) in [7, 11) is 0. The lowest BCUT2D eigenvalue weighted by Crippen LogP contribution is -2.12. The van der Waals surface area contributed by atoms with Crippen molar-refractivity contribution in [2.24, 2.45) is 5.92 Å².